The van der Waals surface area contributed by atoms with Crippen molar-refractivity contribution in [1.82, 2.24) is 5.32 Å². The number of hydrogen-bond donors (Lipinski definition) is 2. The van der Waals surface area contributed by atoms with Gasteiger partial charge in [-0.1, -0.05) is 27.7 Å². The Hall–Kier alpha value is 0.0169. The molecule has 122 valence electrons. The molecule has 3 N–H and O–H groups in total. The minimum atomic E-state index is -2.69. The quantitative estimate of drug-likeness (QED) is 0.481. The summed E-state index contributed by atoms with van der Waals surface area (Å²) in [6.07, 6.45) is 3.82. The number of nitrogens with two attached hydrogens (primary N) is 1. The van der Waals surface area contributed by atoms with Crippen molar-refractivity contribution in [3.63, 3.8) is 0 Å². The van der Waals surface area contributed by atoms with E-state index in [2.05, 4.69) is 33.0 Å². The predicted molar refractivity (Wildman–Crippen MR) is 85.6 cm³/mol. The summed E-state index contributed by atoms with van der Waals surface area (Å²) in [7, 11) is -2.69. The van der Waals surface area contributed by atoms with E-state index >= 15 is 0 Å². The zero-order chi connectivity index (χ0) is 15.3. The molecule has 0 radical (unpaired) electrons. The van der Waals surface area contributed by atoms with Gasteiger partial charge in [0.05, 0.1) is 5.67 Å². The minimum absolute atomic E-state index is 0.121. The lowest BCUT2D eigenvalue weighted by Crippen LogP contribution is -2.62. The van der Waals surface area contributed by atoms with Gasteiger partial charge in [-0.15, -0.1) is 0 Å². The van der Waals surface area contributed by atoms with Crippen LogP contribution in [0, 0.1) is 0 Å². The van der Waals surface area contributed by atoms with Crippen molar-refractivity contribution in [2.45, 2.75) is 59.0 Å². The van der Waals surface area contributed by atoms with Crippen LogP contribution in [0.5, 0.6) is 0 Å². The van der Waals surface area contributed by atoms with Crippen molar-refractivity contribution < 1.29 is 13.3 Å². The Kier molecular flexibility index (Phi) is 12.7. The number of nitrogens with one attached hydrogen (secondary N) is 1. The van der Waals surface area contributed by atoms with Crippen LogP contribution < -0.4 is 11.1 Å². The lowest BCUT2D eigenvalue weighted by Gasteiger charge is -2.36. The molecular weight excluding hydrogens is 272 g/mol. The van der Waals surface area contributed by atoms with Gasteiger partial charge in [0.15, 0.2) is 0 Å². The monoisotopic (exact) mass is 306 g/mol. The molecule has 1 unspecified atom stereocenters. The summed E-state index contributed by atoms with van der Waals surface area (Å²) in [5.74, 6) is 0. The third-order valence-electron chi connectivity index (χ3n) is 2.89. The molecule has 6 heteroatoms. The maximum Gasteiger partial charge on any atom is 0.518 e. The van der Waals surface area contributed by atoms with E-state index in [9.17, 15) is 0 Å². The summed E-state index contributed by atoms with van der Waals surface area (Å²) >= 11 is 0. The first-order valence-corrected chi connectivity index (χ1v) is 9.86. The molecule has 0 heterocycles. The second-order valence-corrected chi connectivity index (χ2v) is 7.62. The number of rotatable bonds is 14. The average molecular weight is 307 g/mol. The van der Waals surface area contributed by atoms with Crippen LogP contribution in [-0.2, 0) is 13.3 Å². The van der Waals surface area contributed by atoms with Gasteiger partial charge in [0.25, 0.3) is 0 Å². The van der Waals surface area contributed by atoms with Crippen LogP contribution in [0.2, 0.25) is 0 Å². The molecule has 0 saturated heterocycles. The highest BCUT2D eigenvalue weighted by Crippen LogP contribution is 2.19. The highest BCUT2D eigenvalue weighted by atomic mass is 28.4. The third kappa shape index (κ3) is 7.15. The average Bonchev–Trinajstić information content (AvgIpc) is 2.48. The highest BCUT2D eigenvalue weighted by Gasteiger charge is 2.48. The molecular formula is C14H34N2O3Si. The SMILES string of the molecule is CCCO[Si](OCCC)(OCCC)C(CC)NCCN. The molecule has 0 rings (SSSR count). The van der Waals surface area contributed by atoms with Gasteiger partial charge in [0, 0.05) is 32.9 Å². The Morgan fingerprint density at radius 2 is 1.35 bits per heavy atom. The first-order valence-electron chi connectivity index (χ1n) is 8.05. The molecule has 0 aliphatic rings. The fourth-order valence-electron chi connectivity index (χ4n) is 1.94. The molecule has 0 aromatic carbocycles. The molecule has 0 aromatic heterocycles. The first kappa shape index (κ1) is 20.0. The van der Waals surface area contributed by atoms with Gasteiger partial charge >= 0.3 is 8.80 Å². The van der Waals surface area contributed by atoms with Gasteiger partial charge in [0.1, 0.15) is 0 Å². The summed E-state index contributed by atoms with van der Waals surface area (Å²) in [6.45, 7) is 11.9. The lowest BCUT2D eigenvalue weighted by atomic mass is 10.4. The van der Waals surface area contributed by atoms with Crippen LogP contribution in [0.1, 0.15) is 53.4 Å². The zero-order valence-electron chi connectivity index (χ0n) is 13.7. The Morgan fingerprint density at radius 1 is 0.900 bits per heavy atom. The second kappa shape index (κ2) is 12.7. The molecule has 0 spiro atoms. The maximum atomic E-state index is 6.12. The standard InChI is InChI=1S/C14H34N2O3Si/c1-5-11-17-20(18-12-6-2,19-13-7-3)14(8-4)16-10-9-15/h14,16H,5-13,15H2,1-4H3. The van der Waals surface area contributed by atoms with E-state index in [0.29, 0.717) is 26.4 Å². The zero-order valence-corrected chi connectivity index (χ0v) is 14.7. The van der Waals surface area contributed by atoms with Gasteiger partial charge in [0.2, 0.25) is 0 Å². The summed E-state index contributed by atoms with van der Waals surface area (Å²) in [4.78, 5) is 0. The second-order valence-electron chi connectivity index (χ2n) is 4.85. The van der Waals surface area contributed by atoms with Gasteiger partial charge < -0.3 is 24.3 Å². The van der Waals surface area contributed by atoms with Crippen LogP contribution in [0.3, 0.4) is 0 Å². The summed E-state index contributed by atoms with van der Waals surface area (Å²) in [5.41, 5.74) is 5.73. The van der Waals surface area contributed by atoms with Crippen molar-refractivity contribution in [3.8, 4) is 0 Å². The Morgan fingerprint density at radius 3 is 1.65 bits per heavy atom. The topological polar surface area (TPSA) is 65.7 Å². The first-order chi connectivity index (χ1) is 9.70. The van der Waals surface area contributed by atoms with E-state index < -0.39 is 8.80 Å². The molecule has 0 fully saturated rings. The normalized spacial score (nSPS) is 13.7. The van der Waals surface area contributed by atoms with Crippen molar-refractivity contribution in [1.29, 1.82) is 0 Å². The van der Waals surface area contributed by atoms with Crippen LogP contribution in [0.25, 0.3) is 0 Å². The smallest absolute Gasteiger partial charge is 0.373 e. The van der Waals surface area contributed by atoms with E-state index in [0.717, 1.165) is 32.2 Å². The van der Waals surface area contributed by atoms with Crippen LogP contribution in [-0.4, -0.2) is 47.4 Å². The van der Waals surface area contributed by atoms with E-state index in [-0.39, 0.29) is 5.67 Å². The minimum Gasteiger partial charge on any atom is -0.373 e. The van der Waals surface area contributed by atoms with E-state index in [1.807, 2.05) is 0 Å². The number of hydrogen-bond acceptors (Lipinski definition) is 5. The summed E-state index contributed by atoms with van der Waals surface area (Å²) in [5, 5.41) is 3.45. The van der Waals surface area contributed by atoms with Gasteiger partial charge in [-0.25, -0.2) is 0 Å². The Labute approximate surface area is 125 Å². The predicted octanol–water partition coefficient (Wildman–Crippen LogP) is 2.07. The highest BCUT2D eigenvalue weighted by molar-refractivity contribution is 6.62. The Balaban J connectivity index is 4.95. The third-order valence-corrected chi connectivity index (χ3v) is 6.18. The maximum absolute atomic E-state index is 6.12. The summed E-state index contributed by atoms with van der Waals surface area (Å²) in [6, 6.07) is 0. The molecule has 0 bridgehead atoms. The fourth-order valence-corrected chi connectivity index (χ4v) is 5.15. The largest absolute Gasteiger partial charge is 0.518 e. The molecule has 20 heavy (non-hydrogen) atoms. The molecule has 0 aliphatic carbocycles. The molecule has 0 aromatic rings. The van der Waals surface area contributed by atoms with Gasteiger partial charge in [-0.3, -0.25) is 0 Å². The van der Waals surface area contributed by atoms with Crippen LogP contribution >= 0.6 is 0 Å². The van der Waals surface area contributed by atoms with E-state index in [1.165, 1.54) is 0 Å². The lowest BCUT2D eigenvalue weighted by molar-refractivity contribution is 0.0462. The van der Waals surface area contributed by atoms with Crippen LogP contribution in [0.15, 0.2) is 0 Å². The fraction of sp³-hybridized carbons (Fsp3) is 1.00. The van der Waals surface area contributed by atoms with Gasteiger partial charge in [-0.05, 0) is 25.7 Å². The molecule has 1 atom stereocenters. The summed E-state index contributed by atoms with van der Waals surface area (Å²) < 4.78 is 18.4. The molecule has 0 amide bonds. The molecule has 0 aliphatic heterocycles. The van der Waals surface area contributed by atoms with E-state index in [4.69, 9.17) is 19.0 Å². The van der Waals surface area contributed by atoms with Crippen molar-refractivity contribution in [2.75, 3.05) is 32.9 Å². The van der Waals surface area contributed by atoms with Gasteiger partial charge in [-0.2, -0.15) is 0 Å². The van der Waals surface area contributed by atoms with Crippen molar-refractivity contribution in [2.24, 2.45) is 5.73 Å². The molecule has 0 saturated carbocycles. The Bertz CT molecular complexity index is 199. The van der Waals surface area contributed by atoms with Crippen LogP contribution in [0.4, 0.5) is 0 Å². The van der Waals surface area contributed by atoms with Crippen molar-refractivity contribution >= 4 is 8.80 Å². The van der Waals surface area contributed by atoms with Crippen molar-refractivity contribution in [3.05, 3.63) is 0 Å². The molecule has 5 nitrogen and oxygen atoms in total. The van der Waals surface area contributed by atoms with E-state index in [1.54, 1.807) is 0 Å².